The molecule has 0 aliphatic carbocycles. The lowest BCUT2D eigenvalue weighted by Crippen LogP contribution is -2.35. The summed E-state index contributed by atoms with van der Waals surface area (Å²) in [5, 5.41) is 11.5. The maximum absolute atomic E-state index is 11.6. The van der Waals surface area contributed by atoms with Crippen LogP contribution in [-0.4, -0.2) is 23.7 Å². The van der Waals surface area contributed by atoms with E-state index in [0.29, 0.717) is 5.57 Å². The van der Waals surface area contributed by atoms with Gasteiger partial charge in [-0.05, 0) is 20.3 Å². The Bertz CT molecular complexity index is 352. The summed E-state index contributed by atoms with van der Waals surface area (Å²) in [5.41, 5.74) is 0.615. The van der Waals surface area contributed by atoms with Gasteiger partial charge in [0.05, 0.1) is 6.61 Å². The van der Waals surface area contributed by atoms with E-state index >= 15 is 0 Å². The van der Waals surface area contributed by atoms with Crippen molar-refractivity contribution in [1.29, 1.82) is 0 Å². The molecular weight excluding hydrogens is 226 g/mol. The van der Waals surface area contributed by atoms with Gasteiger partial charge in [0, 0.05) is 11.6 Å². The maximum Gasteiger partial charge on any atom is 0.247 e. The van der Waals surface area contributed by atoms with E-state index in [-0.39, 0.29) is 18.6 Å². The molecule has 0 aliphatic heterocycles. The van der Waals surface area contributed by atoms with Crippen molar-refractivity contribution in [2.75, 3.05) is 6.61 Å². The van der Waals surface area contributed by atoms with Crippen molar-refractivity contribution in [2.45, 2.75) is 33.2 Å². The zero-order valence-corrected chi connectivity index (χ0v) is 11.4. The number of allylic oxidation sites excluding steroid dienone is 7. The molecule has 1 unspecified atom stereocenters. The molecule has 0 heterocycles. The second-order valence-electron chi connectivity index (χ2n) is 4.01. The molecule has 0 spiro atoms. The van der Waals surface area contributed by atoms with Crippen LogP contribution in [0.15, 0.2) is 48.1 Å². The lowest BCUT2D eigenvalue weighted by molar-refractivity contribution is -0.118. The summed E-state index contributed by atoms with van der Waals surface area (Å²) < 4.78 is 0. The molecule has 0 aromatic carbocycles. The fourth-order valence-corrected chi connectivity index (χ4v) is 1.07. The Morgan fingerprint density at radius 3 is 2.44 bits per heavy atom. The van der Waals surface area contributed by atoms with Crippen molar-refractivity contribution in [3.05, 3.63) is 48.1 Å². The summed E-state index contributed by atoms with van der Waals surface area (Å²) >= 11 is 0. The second-order valence-corrected chi connectivity index (χ2v) is 4.01. The molecule has 0 fully saturated rings. The zero-order chi connectivity index (χ0) is 13.8. The molecule has 2 N–H and O–H groups in total. The minimum Gasteiger partial charge on any atom is -0.394 e. The topological polar surface area (TPSA) is 49.3 Å². The van der Waals surface area contributed by atoms with Crippen LogP contribution in [0.3, 0.4) is 0 Å². The van der Waals surface area contributed by atoms with Crippen molar-refractivity contribution >= 4 is 5.91 Å². The van der Waals surface area contributed by atoms with Gasteiger partial charge in [0.1, 0.15) is 0 Å². The monoisotopic (exact) mass is 249 g/mol. The fourth-order valence-electron chi connectivity index (χ4n) is 1.07. The number of hydrogen-bond donors (Lipinski definition) is 2. The molecule has 1 amide bonds. The lowest BCUT2D eigenvalue weighted by atomic mass is 10.2. The largest absolute Gasteiger partial charge is 0.394 e. The summed E-state index contributed by atoms with van der Waals surface area (Å²) in [5.74, 6) is -0.156. The number of carbonyl (C=O) groups is 1. The smallest absolute Gasteiger partial charge is 0.247 e. The summed E-state index contributed by atoms with van der Waals surface area (Å²) in [4.78, 5) is 11.6. The van der Waals surface area contributed by atoms with E-state index in [2.05, 4.69) is 18.3 Å². The normalized spacial score (nSPS) is 14.8. The van der Waals surface area contributed by atoms with Gasteiger partial charge < -0.3 is 10.4 Å². The van der Waals surface area contributed by atoms with Crippen molar-refractivity contribution in [3.8, 4) is 0 Å². The Hall–Kier alpha value is -1.61. The predicted octanol–water partition coefficient (Wildman–Crippen LogP) is 2.51. The van der Waals surface area contributed by atoms with Gasteiger partial charge in [-0.25, -0.2) is 0 Å². The molecule has 0 aromatic rings. The van der Waals surface area contributed by atoms with E-state index < -0.39 is 0 Å². The van der Waals surface area contributed by atoms with Gasteiger partial charge in [-0.3, -0.25) is 4.79 Å². The van der Waals surface area contributed by atoms with Gasteiger partial charge >= 0.3 is 0 Å². The molecule has 0 saturated carbocycles. The maximum atomic E-state index is 11.6. The first-order chi connectivity index (χ1) is 8.61. The highest BCUT2D eigenvalue weighted by atomic mass is 16.3. The highest BCUT2D eigenvalue weighted by Gasteiger charge is 2.06. The van der Waals surface area contributed by atoms with E-state index in [9.17, 15) is 4.79 Å². The van der Waals surface area contributed by atoms with Gasteiger partial charge in [0.25, 0.3) is 0 Å². The van der Waals surface area contributed by atoms with Crippen molar-refractivity contribution in [2.24, 2.45) is 0 Å². The predicted molar refractivity (Wildman–Crippen MR) is 76.2 cm³/mol. The number of amides is 1. The van der Waals surface area contributed by atoms with Crippen LogP contribution in [0, 0.1) is 0 Å². The minimum absolute atomic E-state index is 0.0542. The third-order valence-corrected chi connectivity index (χ3v) is 2.17. The molecule has 3 heteroatoms. The third-order valence-electron chi connectivity index (χ3n) is 2.17. The summed E-state index contributed by atoms with van der Waals surface area (Å²) in [6.07, 6.45) is 14.3. The first-order valence-corrected chi connectivity index (χ1v) is 6.20. The van der Waals surface area contributed by atoms with Crippen LogP contribution in [0.5, 0.6) is 0 Å². The Labute approximate surface area is 110 Å². The van der Waals surface area contributed by atoms with Crippen LogP contribution < -0.4 is 5.32 Å². The van der Waals surface area contributed by atoms with Gasteiger partial charge in [0.2, 0.25) is 5.91 Å². The third kappa shape index (κ3) is 8.53. The molecule has 0 saturated heterocycles. The Balaban J connectivity index is 4.17. The Morgan fingerprint density at radius 2 is 1.83 bits per heavy atom. The average Bonchev–Trinajstić information content (AvgIpc) is 2.37. The molecule has 1 atom stereocenters. The molecule has 3 nitrogen and oxygen atoms in total. The molecular formula is C15H23NO2. The number of nitrogens with one attached hydrogen (secondary N) is 1. The quantitative estimate of drug-likeness (QED) is 0.538. The van der Waals surface area contributed by atoms with Crippen molar-refractivity contribution in [3.63, 3.8) is 0 Å². The van der Waals surface area contributed by atoms with E-state index in [1.807, 2.05) is 30.4 Å². The molecule has 0 rings (SSSR count). The van der Waals surface area contributed by atoms with Crippen LogP contribution in [-0.2, 0) is 4.79 Å². The number of aliphatic hydroxyl groups is 1. The Kier molecular flexibility index (Phi) is 9.60. The van der Waals surface area contributed by atoms with Crippen LogP contribution >= 0.6 is 0 Å². The Morgan fingerprint density at radius 1 is 1.22 bits per heavy atom. The summed E-state index contributed by atoms with van der Waals surface area (Å²) in [6, 6.07) is -0.219. The molecule has 0 aromatic heterocycles. The summed E-state index contributed by atoms with van der Waals surface area (Å²) in [7, 11) is 0. The number of rotatable bonds is 7. The van der Waals surface area contributed by atoms with E-state index in [4.69, 9.17) is 5.11 Å². The standard InChI is InChI=1S/C15H23NO2/c1-4-5-6-7-8-9-10-11-13(2)15(18)16-14(3)12-17/h5-11,14,17H,4,12H2,1-3H3,(H,16,18)/b6-5+,8-7-,10-9+,13-11+. The van der Waals surface area contributed by atoms with E-state index in [1.54, 1.807) is 19.9 Å². The van der Waals surface area contributed by atoms with Gasteiger partial charge in [0.15, 0.2) is 0 Å². The van der Waals surface area contributed by atoms with E-state index in [1.165, 1.54) is 0 Å². The van der Waals surface area contributed by atoms with Crippen molar-refractivity contribution < 1.29 is 9.90 Å². The first kappa shape index (κ1) is 16.4. The number of carbonyl (C=O) groups excluding carboxylic acids is 1. The summed E-state index contributed by atoms with van der Waals surface area (Å²) in [6.45, 7) is 5.52. The van der Waals surface area contributed by atoms with Crippen LogP contribution in [0.2, 0.25) is 0 Å². The van der Waals surface area contributed by atoms with Crippen molar-refractivity contribution in [1.82, 2.24) is 5.32 Å². The van der Waals surface area contributed by atoms with Crippen LogP contribution in [0.25, 0.3) is 0 Å². The van der Waals surface area contributed by atoms with Gasteiger partial charge in [-0.2, -0.15) is 0 Å². The highest BCUT2D eigenvalue weighted by Crippen LogP contribution is 1.95. The lowest BCUT2D eigenvalue weighted by Gasteiger charge is -2.10. The molecule has 0 aliphatic rings. The molecule has 0 radical (unpaired) electrons. The van der Waals surface area contributed by atoms with Crippen LogP contribution in [0.1, 0.15) is 27.2 Å². The molecule has 100 valence electrons. The fraction of sp³-hybridized carbons (Fsp3) is 0.400. The first-order valence-electron chi connectivity index (χ1n) is 6.20. The zero-order valence-electron chi connectivity index (χ0n) is 11.4. The highest BCUT2D eigenvalue weighted by molar-refractivity contribution is 5.93. The SMILES string of the molecule is CC/C=C/C=C\C=C\C=C(/C)C(=O)NC(C)CO. The molecule has 0 bridgehead atoms. The van der Waals surface area contributed by atoms with Crippen LogP contribution in [0.4, 0.5) is 0 Å². The second kappa shape index (κ2) is 10.5. The number of aliphatic hydroxyl groups excluding tert-OH is 1. The molecule has 18 heavy (non-hydrogen) atoms. The van der Waals surface area contributed by atoms with Gasteiger partial charge in [-0.15, -0.1) is 0 Å². The number of hydrogen-bond acceptors (Lipinski definition) is 2. The van der Waals surface area contributed by atoms with E-state index in [0.717, 1.165) is 6.42 Å². The average molecular weight is 249 g/mol. The van der Waals surface area contributed by atoms with Gasteiger partial charge in [-0.1, -0.05) is 49.5 Å². The minimum atomic E-state index is -0.219.